The average Bonchev–Trinajstić information content (AvgIpc) is 2.41. The van der Waals surface area contributed by atoms with Gasteiger partial charge in [-0.2, -0.15) is 0 Å². The van der Waals surface area contributed by atoms with E-state index in [0.717, 1.165) is 0 Å². The SMILES string of the molecule is O=C(O)c1ccc(NC(=O)c2cc(Cl)ncc2Cl)cc1Cl. The van der Waals surface area contributed by atoms with Crippen molar-refractivity contribution in [3.63, 3.8) is 0 Å². The summed E-state index contributed by atoms with van der Waals surface area (Å²) in [6.45, 7) is 0. The summed E-state index contributed by atoms with van der Waals surface area (Å²) in [6, 6.07) is 5.37. The van der Waals surface area contributed by atoms with Gasteiger partial charge >= 0.3 is 5.97 Å². The highest BCUT2D eigenvalue weighted by atomic mass is 35.5. The second-order valence-electron chi connectivity index (χ2n) is 3.94. The Morgan fingerprint density at radius 2 is 1.76 bits per heavy atom. The molecule has 0 atom stereocenters. The molecule has 5 nitrogen and oxygen atoms in total. The third-order valence-electron chi connectivity index (χ3n) is 2.52. The van der Waals surface area contributed by atoms with E-state index < -0.39 is 11.9 Å². The first kappa shape index (κ1) is 15.6. The molecule has 1 heterocycles. The largest absolute Gasteiger partial charge is 0.478 e. The predicted molar refractivity (Wildman–Crippen MR) is 80.6 cm³/mol. The summed E-state index contributed by atoms with van der Waals surface area (Å²) in [4.78, 5) is 26.7. The zero-order valence-electron chi connectivity index (χ0n) is 10.2. The van der Waals surface area contributed by atoms with Crippen LogP contribution in [0.25, 0.3) is 0 Å². The van der Waals surface area contributed by atoms with E-state index in [1.54, 1.807) is 0 Å². The zero-order chi connectivity index (χ0) is 15.6. The number of nitrogens with zero attached hydrogens (tertiary/aromatic N) is 1. The summed E-state index contributed by atoms with van der Waals surface area (Å²) in [5, 5.41) is 11.7. The van der Waals surface area contributed by atoms with Gasteiger partial charge in [0.2, 0.25) is 0 Å². The second-order valence-corrected chi connectivity index (χ2v) is 5.14. The third kappa shape index (κ3) is 3.64. The van der Waals surface area contributed by atoms with E-state index in [9.17, 15) is 9.59 Å². The number of carbonyl (C=O) groups is 2. The standard InChI is InChI=1S/C13H7Cl3N2O3/c14-9-3-6(1-2-7(9)13(20)21)18-12(19)8-4-11(16)17-5-10(8)15/h1-5H,(H,18,19)(H,20,21). The minimum atomic E-state index is -1.15. The lowest BCUT2D eigenvalue weighted by molar-refractivity contribution is 0.0697. The Morgan fingerprint density at radius 1 is 1.05 bits per heavy atom. The topological polar surface area (TPSA) is 79.3 Å². The Kier molecular flexibility index (Phi) is 4.67. The molecule has 0 spiro atoms. The van der Waals surface area contributed by atoms with Crippen molar-refractivity contribution < 1.29 is 14.7 Å². The number of hydrogen-bond acceptors (Lipinski definition) is 3. The Morgan fingerprint density at radius 3 is 2.38 bits per heavy atom. The molecular weight excluding hydrogens is 339 g/mol. The number of anilines is 1. The van der Waals surface area contributed by atoms with Crippen LogP contribution in [0.15, 0.2) is 30.5 Å². The second kappa shape index (κ2) is 6.30. The van der Waals surface area contributed by atoms with Gasteiger partial charge in [0, 0.05) is 11.9 Å². The van der Waals surface area contributed by atoms with Gasteiger partial charge in [0.15, 0.2) is 0 Å². The van der Waals surface area contributed by atoms with Crippen LogP contribution in [0.2, 0.25) is 15.2 Å². The van der Waals surface area contributed by atoms with Crippen molar-refractivity contribution in [1.29, 1.82) is 0 Å². The summed E-state index contributed by atoms with van der Waals surface area (Å²) in [5.41, 5.74) is 0.425. The number of halogens is 3. The zero-order valence-corrected chi connectivity index (χ0v) is 12.5. The van der Waals surface area contributed by atoms with Gasteiger partial charge in [-0.25, -0.2) is 9.78 Å². The maximum atomic E-state index is 12.1. The highest BCUT2D eigenvalue weighted by Gasteiger charge is 2.14. The molecule has 0 bridgehead atoms. The number of pyridine rings is 1. The van der Waals surface area contributed by atoms with Gasteiger partial charge in [-0.05, 0) is 24.3 Å². The summed E-state index contributed by atoms with van der Waals surface area (Å²) < 4.78 is 0. The van der Waals surface area contributed by atoms with Crippen molar-refractivity contribution in [2.24, 2.45) is 0 Å². The molecule has 1 aromatic heterocycles. The summed E-state index contributed by atoms with van der Waals surface area (Å²) >= 11 is 17.4. The highest BCUT2D eigenvalue weighted by Crippen LogP contribution is 2.23. The van der Waals surface area contributed by atoms with Crippen LogP contribution in [-0.2, 0) is 0 Å². The average molecular weight is 346 g/mol. The molecular formula is C13H7Cl3N2O3. The van der Waals surface area contributed by atoms with Crippen molar-refractivity contribution >= 4 is 52.4 Å². The fraction of sp³-hybridized carbons (Fsp3) is 0. The number of rotatable bonds is 3. The highest BCUT2D eigenvalue weighted by molar-refractivity contribution is 6.36. The number of nitrogens with one attached hydrogen (secondary N) is 1. The quantitative estimate of drug-likeness (QED) is 0.824. The van der Waals surface area contributed by atoms with Crippen LogP contribution in [0.5, 0.6) is 0 Å². The number of hydrogen-bond donors (Lipinski definition) is 2. The van der Waals surface area contributed by atoms with Gasteiger partial charge in [-0.15, -0.1) is 0 Å². The van der Waals surface area contributed by atoms with E-state index in [-0.39, 0.29) is 26.3 Å². The fourth-order valence-electron chi connectivity index (χ4n) is 1.55. The van der Waals surface area contributed by atoms with Gasteiger partial charge in [0.1, 0.15) is 5.15 Å². The molecule has 1 aromatic carbocycles. The molecule has 0 aliphatic rings. The van der Waals surface area contributed by atoms with Gasteiger partial charge in [-0.3, -0.25) is 4.79 Å². The lowest BCUT2D eigenvalue weighted by Crippen LogP contribution is -2.13. The van der Waals surface area contributed by atoms with Crippen molar-refractivity contribution in [1.82, 2.24) is 4.98 Å². The number of carboxylic acids is 1. The van der Waals surface area contributed by atoms with Crippen LogP contribution >= 0.6 is 34.8 Å². The van der Waals surface area contributed by atoms with Gasteiger partial charge < -0.3 is 10.4 Å². The monoisotopic (exact) mass is 344 g/mol. The molecule has 2 N–H and O–H groups in total. The molecule has 2 aromatic rings. The van der Waals surface area contributed by atoms with Gasteiger partial charge in [-0.1, -0.05) is 34.8 Å². The van der Waals surface area contributed by atoms with Crippen molar-refractivity contribution in [2.45, 2.75) is 0 Å². The Bertz CT molecular complexity index is 735. The van der Waals surface area contributed by atoms with Crippen LogP contribution in [0.4, 0.5) is 5.69 Å². The number of aromatic nitrogens is 1. The number of aromatic carboxylic acids is 1. The first-order valence-electron chi connectivity index (χ1n) is 5.53. The van der Waals surface area contributed by atoms with Gasteiger partial charge in [0.05, 0.1) is 21.2 Å². The molecule has 0 aliphatic carbocycles. The molecule has 0 fully saturated rings. The van der Waals surface area contributed by atoms with Crippen LogP contribution in [0.3, 0.4) is 0 Å². The van der Waals surface area contributed by atoms with E-state index in [2.05, 4.69) is 10.3 Å². The molecule has 0 saturated heterocycles. The lowest BCUT2D eigenvalue weighted by atomic mass is 10.2. The maximum absolute atomic E-state index is 12.1. The maximum Gasteiger partial charge on any atom is 0.337 e. The molecule has 2 rings (SSSR count). The number of benzene rings is 1. The van der Waals surface area contributed by atoms with E-state index in [4.69, 9.17) is 39.9 Å². The fourth-order valence-corrected chi connectivity index (χ4v) is 2.16. The first-order chi connectivity index (χ1) is 9.88. The van der Waals surface area contributed by atoms with E-state index in [1.165, 1.54) is 30.5 Å². The van der Waals surface area contributed by atoms with Crippen molar-refractivity contribution in [2.75, 3.05) is 5.32 Å². The summed E-state index contributed by atoms with van der Waals surface area (Å²) in [5.74, 6) is -1.66. The molecule has 21 heavy (non-hydrogen) atoms. The van der Waals surface area contributed by atoms with Crippen LogP contribution in [0, 0.1) is 0 Å². The van der Waals surface area contributed by atoms with E-state index in [0.29, 0.717) is 5.69 Å². The molecule has 1 amide bonds. The number of carbonyl (C=O) groups excluding carboxylic acids is 1. The molecule has 108 valence electrons. The third-order valence-corrected chi connectivity index (χ3v) is 3.34. The summed E-state index contributed by atoms with van der Waals surface area (Å²) in [6.07, 6.45) is 1.26. The van der Waals surface area contributed by atoms with E-state index in [1.807, 2.05) is 0 Å². The minimum Gasteiger partial charge on any atom is -0.478 e. The number of amides is 1. The van der Waals surface area contributed by atoms with Gasteiger partial charge in [0.25, 0.3) is 5.91 Å². The van der Waals surface area contributed by atoms with Crippen molar-refractivity contribution in [3.05, 3.63) is 56.8 Å². The smallest absolute Gasteiger partial charge is 0.337 e. The van der Waals surface area contributed by atoms with Crippen LogP contribution in [-0.4, -0.2) is 22.0 Å². The number of carboxylic acid groups (broad SMARTS) is 1. The van der Waals surface area contributed by atoms with Crippen LogP contribution in [0.1, 0.15) is 20.7 Å². The summed E-state index contributed by atoms with van der Waals surface area (Å²) in [7, 11) is 0. The van der Waals surface area contributed by atoms with Crippen molar-refractivity contribution in [3.8, 4) is 0 Å². The molecule has 8 heteroatoms. The Balaban J connectivity index is 2.26. The predicted octanol–water partition coefficient (Wildman–Crippen LogP) is 3.99. The normalized spacial score (nSPS) is 10.2. The minimum absolute atomic E-state index is 0.0131. The van der Waals surface area contributed by atoms with Crippen LogP contribution < -0.4 is 5.32 Å². The Hall–Kier alpha value is -1.82. The molecule has 0 saturated carbocycles. The molecule has 0 aliphatic heterocycles. The first-order valence-corrected chi connectivity index (χ1v) is 6.67. The Labute approximate surface area is 134 Å². The lowest BCUT2D eigenvalue weighted by Gasteiger charge is -2.08. The molecule has 0 radical (unpaired) electrons. The molecule has 0 unspecified atom stereocenters. The van der Waals surface area contributed by atoms with E-state index >= 15 is 0 Å².